The molecule has 1 aromatic heterocycles. The highest BCUT2D eigenvalue weighted by atomic mass is 16.5. The summed E-state index contributed by atoms with van der Waals surface area (Å²) >= 11 is 0. The van der Waals surface area contributed by atoms with Crippen molar-refractivity contribution in [1.29, 1.82) is 0 Å². The SMILES string of the molecule is CC1CCC(Oc2c(CN)cnc3ccccc23)CC1. The van der Waals surface area contributed by atoms with Crippen molar-refractivity contribution in [2.45, 2.75) is 45.3 Å². The number of rotatable bonds is 3. The zero-order chi connectivity index (χ0) is 13.9. The van der Waals surface area contributed by atoms with Gasteiger partial charge in [0.1, 0.15) is 5.75 Å². The Morgan fingerprint density at radius 3 is 2.70 bits per heavy atom. The smallest absolute Gasteiger partial charge is 0.135 e. The van der Waals surface area contributed by atoms with Crippen molar-refractivity contribution in [3.63, 3.8) is 0 Å². The Hall–Kier alpha value is -1.61. The van der Waals surface area contributed by atoms with E-state index in [0.717, 1.165) is 41.0 Å². The molecule has 20 heavy (non-hydrogen) atoms. The predicted octanol–water partition coefficient (Wildman–Crippen LogP) is 3.65. The fraction of sp³-hybridized carbons (Fsp3) is 0.471. The van der Waals surface area contributed by atoms with Crippen LogP contribution < -0.4 is 10.5 Å². The highest BCUT2D eigenvalue weighted by molar-refractivity contribution is 5.86. The van der Waals surface area contributed by atoms with Crippen molar-refractivity contribution < 1.29 is 4.74 Å². The summed E-state index contributed by atoms with van der Waals surface area (Å²) in [5.74, 6) is 1.77. The van der Waals surface area contributed by atoms with Gasteiger partial charge in [-0.3, -0.25) is 4.98 Å². The van der Waals surface area contributed by atoms with Crippen LogP contribution in [-0.2, 0) is 6.54 Å². The maximum atomic E-state index is 6.32. The molecule has 0 saturated heterocycles. The summed E-state index contributed by atoms with van der Waals surface area (Å²) in [6.45, 7) is 2.79. The van der Waals surface area contributed by atoms with E-state index in [1.54, 1.807) is 0 Å². The number of para-hydroxylation sites is 1. The molecular weight excluding hydrogens is 248 g/mol. The highest BCUT2D eigenvalue weighted by Crippen LogP contribution is 2.33. The molecule has 0 spiro atoms. The molecule has 0 amide bonds. The molecule has 1 heterocycles. The van der Waals surface area contributed by atoms with Crippen LogP contribution in [0.4, 0.5) is 0 Å². The van der Waals surface area contributed by atoms with Gasteiger partial charge in [0.05, 0.1) is 11.6 Å². The second-order valence-electron chi connectivity index (χ2n) is 5.83. The molecule has 1 aliphatic rings. The van der Waals surface area contributed by atoms with E-state index in [1.807, 2.05) is 24.4 Å². The Balaban J connectivity index is 1.92. The summed E-state index contributed by atoms with van der Waals surface area (Å²) in [6, 6.07) is 8.12. The number of hydrogen-bond acceptors (Lipinski definition) is 3. The van der Waals surface area contributed by atoms with Crippen molar-refractivity contribution in [2.24, 2.45) is 11.7 Å². The second kappa shape index (κ2) is 5.80. The third-order valence-corrected chi connectivity index (χ3v) is 4.27. The number of ether oxygens (including phenoxy) is 1. The average molecular weight is 270 g/mol. The Kier molecular flexibility index (Phi) is 3.88. The first-order valence-corrected chi connectivity index (χ1v) is 7.51. The summed E-state index contributed by atoms with van der Waals surface area (Å²) in [7, 11) is 0. The summed E-state index contributed by atoms with van der Waals surface area (Å²) in [4.78, 5) is 4.46. The number of nitrogens with two attached hydrogens (primary N) is 1. The fourth-order valence-corrected chi connectivity index (χ4v) is 2.96. The molecule has 3 nitrogen and oxygen atoms in total. The van der Waals surface area contributed by atoms with Crippen LogP contribution in [0, 0.1) is 5.92 Å². The summed E-state index contributed by atoms with van der Waals surface area (Å²) in [6.07, 6.45) is 6.96. The lowest BCUT2D eigenvalue weighted by atomic mass is 9.89. The summed E-state index contributed by atoms with van der Waals surface area (Å²) < 4.78 is 6.32. The molecule has 1 fully saturated rings. The summed E-state index contributed by atoms with van der Waals surface area (Å²) in [5.41, 5.74) is 7.83. The van der Waals surface area contributed by atoms with Crippen molar-refractivity contribution in [3.8, 4) is 5.75 Å². The van der Waals surface area contributed by atoms with E-state index in [9.17, 15) is 0 Å². The predicted molar refractivity (Wildman–Crippen MR) is 81.7 cm³/mol. The van der Waals surface area contributed by atoms with Gasteiger partial charge in [0, 0.05) is 23.7 Å². The van der Waals surface area contributed by atoms with E-state index in [4.69, 9.17) is 10.5 Å². The summed E-state index contributed by atoms with van der Waals surface area (Å²) in [5, 5.41) is 1.08. The molecule has 1 saturated carbocycles. The largest absolute Gasteiger partial charge is 0.489 e. The number of nitrogens with zero attached hydrogens (tertiary/aromatic N) is 1. The molecule has 0 unspecified atom stereocenters. The van der Waals surface area contributed by atoms with Crippen molar-refractivity contribution in [3.05, 3.63) is 36.0 Å². The van der Waals surface area contributed by atoms with Crippen LogP contribution in [-0.4, -0.2) is 11.1 Å². The zero-order valence-electron chi connectivity index (χ0n) is 12.0. The van der Waals surface area contributed by atoms with Crippen LogP contribution >= 0.6 is 0 Å². The van der Waals surface area contributed by atoms with Crippen LogP contribution in [0.3, 0.4) is 0 Å². The molecule has 2 N–H and O–H groups in total. The first-order chi connectivity index (χ1) is 9.78. The molecule has 0 aliphatic heterocycles. The van der Waals surface area contributed by atoms with Gasteiger partial charge < -0.3 is 10.5 Å². The van der Waals surface area contributed by atoms with E-state index in [2.05, 4.69) is 18.0 Å². The molecule has 3 rings (SSSR count). The van der Waals surface area contributed by atoms with Crippen LogP contribution in [0.15, 0.2) is 30.5 Å². The first kappa shape index (κ1) is 13.4. The molecule has 0 atom stereocenters. The zero-order valence-corrected chi connectivity index (χ0v) is 12.0. The Bertz CT molecular complexity index is 589. The molecule has 1 aromatic carbocycles. The minimum atomic E-state index is 0.322. The minimum absolute atomic E-state index is 0.322. The van der Waals surface area contributed by atoms with E-state index in [0.29, 0.717) is 12.6 Å². The molecule has 0 bridgehead atoms. The van der Waals surface area contributed by atoms with Crippen LogP contribution in [0.1, 0.15) is 38.2 Å². The third-order valence-electron chi connectivity index (χ3n) is 4.27. The van der Waals surface area contributed by atoms with Crippen LogP contribution in [0.5, 0.6) is 5.75 Å². The maximum absolute atomic E-state index is 6.32. The quantitative estimate of drug-likeness (QED) is 0.926. The lowest BCUT2D eigenvalue weighted by Crippen LogP contribution is -2.24. The minimum Gasteiger partial charge on any atom is -0.489 e. The lowest BCUT2D eigenvalue weighted by molar-refractivity contribution is 0.136. The lowest BCUT2D eigenvalue weighted by Gasteiger charge is -2.28. The monoisotopic (exact) mass is 270 g/mol. The number of fused-ring (bicyclic) bond motifs is 1. The van der Waals surface area contributed by atoms with Crippen LogP contribution in [0.2, 0.25) is 0 Å². The number of hydrogen-bond donors (Lipinski definition) is 1. The molecular formula is C17H22N2O. The Morgan fingerprint density at radius 2 is 1.95 bits per heavy atom. The first-order valence-electron chi connectivity index (χ1n) is 7.51. The van der Waals surface area contributed by atoms with E-state index in [-0.39, 0.29) is 0 Å². The van der Waals surface area contributed by atoms with Gasteiger partial charge in [0.25, 0.3) is 0 Å². The van der Waals surface area contributed by atoms with Gasteiger partial charge in [-0.25, -0.2) is 0 Å². The Morgan fingerprint density at radius 1 is 1.20 bits per heavy atom. The maximum Gasteiger partial charge on any atom is 0.135 e. The van der Waals surface area contributed by atoms with E-state index < -0.39 is 0 Å². The van der Waals surface area contributed by atoms with Crippen molar-refractivity contribution in [2.75, 3.05) is 0 Å². The van der Waals surface area contributed by atoms with Gasteiger partial charge in [-0.05, 0) is 43.7 Å². The normalized spacial score (nSPS) is 22.9. The van der Waals surface area contributed by atoms with Gasteiger partial charge in [-0.15, -0.1) is 0 Å². The number of aromatic nitrogens is 1. The van der Waals surface area contributed by atoms with Crippen molar-refractivity contribution >= 4 is 10.9 Å². The Labute approximate surface area is 120 Å². The average Bonchev–Trinajstić information content (AvgIpc) is 2.50. The van der Waals surface area contributed by atoms with Gasteiger partial charge in [-0.1, -0.05) is 19.1 Å². The highest BCUT2D eigenvalue weighted by Gasteiger charge is 2.21. The number of pyridine rings is 1. The fourth-order valence-electron chi connectivity index (χ4n) is 2.96. The molecule has 3 heteroatoms. The molecule has 106 valence electrons. The standard InChI is InChI=1S/C17H22N2O/c1-12-6-8-14(9-7-12)20-17-13(10-18)11-19-16-5-3-2-4-15(16)17/h2-5,11-12,14H,6-10,18H2,1H3. The second-order valence-corrected chi connectivity index (χ2v) is 5.83. The van der Waals surface area contributed by atoms with Crippen LogP contribution in [0.25, 0.3) is 10.9 Å². The number of benzene rings is 1. The molecule has 0 radical (unpaired) electrons. The van der Waals surface area contributed by atoms with E-state index >= 15 is 0 Å². The van der Waals surface area contributed by atoms with E-state index in [1.165, 1.54) is 12.8 Å². The molecule has 1 aliphatic carbocycles. The van der Waals surface area contributed by atoms with Gasteiger partial charge >= 0.3 is 0 Å². The van der Waals surface area contributed by atoms with Gasteiger partial charge in [0.2, 0.25) is 0 Å². The molecule has 2 aromatic rings. The topological polar surface area (TPSA) is 48.1 Å². The van der Waals surface area contributed by atoms with Gasteiger partial charge in [0.15, 0.2) is 0 Å². The van der Waals surface area contributed by atoms with Gasteiger partial charge in [-0.2, -0.15) is 0 Å². The third kappa shape index (κ3) is 2.63. The van der Waals surface area contributed by atoms with Crippen molar-refractivity contribution in [1.82, 2.24) is 4.98 Å².